The van der Waals surface area contributed by atoms with Gasteiger partial charge in [0.15, 0.2) is 11.5 Å². The van der Waals surface area contributed by atoms with Gasteiger partial charge in [0.2, 0.25) is 10.0 Å². The highest BCUT2D eigenvalue weighted by Gasteiger charge is 2.34. The first-order valence-corrected chi connectivity index (χ1v) is 12.4. The van der Waals surface area contributed by atoms with Gasteiger partial charge in [-0.3, -0.25) is 9.52 Å². The van der Waals surface area contributed by atoms with Crippen molar-refractivity contribution in [3.05, 3.63) is 89.5 Å². The molecule has 0 aliphatic carbocycles. The van der Waals surface area contributed by atoms with Gasteiger partial charge in [-0.2, -0.15) is 5.10 Å². The smallest absolute Gasteiger partial charge is 0.274 e. The fourth-order valence-corrected chi connectivity index (χ4v) is 4.44. The third kappa shape index (κ3) is 5.04. The number of carbonyl (C=O) groups excluding carboxylic acids is 1. The number of amides is 1. The van der Waals surface area contributed by atoms with E-state index in [0.29, 0.717) is 34.9 Å². The van der Waals surface area contributed by atoms with Gasteiger partial charge in [0.05, 0.1) is 32.2 Å². The summed E-state index contributed by atoms with van der Waals surface area (Å²) >= 11 is 0. The van der Waals surface area contributed by atoms with Crippen LogP contribution in [-0.4, -0.2) is 45.5 Å². The normalized spacial score (nSPS) is 15.6. The van der Waals surface area contributed by atoms with Crippen LogP contribution in [0.5, 0.6) is 11.5 Å². The molecule has 34 heavy (non-hydrogen) atoms. The van der Waals surface area contributed by atoms with E-state index in [0.717, 1.165) is 17.4 Å². The van der Waals surface area contributed by atoms with E-state index in [4.69, 9.17) is 9.47 Å². The summed E-state index contributed by atoms with van der Waals surface area (Å²) in [6, 6.07) is 21.1. The molecule has 9 heteroatoms. The topological polar surface area (TPSA) is 97.3 Å². The van der Waals surface area contributed by atoms with Gasteiger partial charge in [-0.05, 0) is 47.5 Å². The van der Waals surface area contributed by atoms with E-state index in [2.05, 4.69) is 9.82 Å². The maximum Gasteiger partial charge on any atom is 0.274 e. The first-order chi connectivity index (χ1) is 16.3. The zero-order valence-corrected chi connectivity index (χ0v) is 19.9. The fourth-order valence-electron chi connectivity index (χ4n) is 3.88. The summed E-state index contributed by atoms with van der Waals surface area (Å²) in [5, 5.41) is 6.15. The minimum atomic E-state index is -3.43. The van der Waals surface area contributed by atoms with E-state index in [9.17, 15) is 13.2 Å². The van der Waals surface area contributed by atoms with Crippen LogP contribution in [0.2, 0.25) is 0 Å². The maximum absolute atomic E-state index is 13.4. The van der Waals surface area contributed by atoms with Gasteiger partial charge in [0.1, 0.15) is 0 Å². The molecule has 176 valence electrons. The Bertz CT molecular complexity index is 1340. The minimum Gasteiger partial charge on any atom is -0.493 e. The van der Waals surface area contributed by atoms with Crippen molar-refractivity contribution in [3.8, 4) is 11.5 Å². The van der Waals surface area contributed by atoms with E-state index in [-0.39, 0.29) is 11.9 Å². The number of nitrogens with zero attached hydrogens (tertiary/aromatic N) is 2. The average molecular weight is 480 g/mol. The lowest BCUT2D eigenvalue weighted by atomic mass is 9.97. The monoisotopic (exact) mass is 479 g/mol. The van der Waals surface area contributed by atoms with Crippen LogP contribution in [0.4, 0.5) is 5.69 Å². The second kappa shape index (κ2) is 9.56. The third-order valence-corrected chi connectivity index (χ3v) is 6.04. The number of anilines is 1. The van der Waals surface area contributed by atoms with Gasteiger partial charge >= 0.3 is 0 Å². The van der Waals surface area contributed by atoms with Gasteiger partial charge in [0.25, 0.3) is 5.91 Å². The summed E-state index contributed by atoms with van der Waals surface area (Å²) in [6.07, 6.45) is 1.54. The number of rotatable bonds is 7. The van der Waals surface area contributed by atoms with Crippen LogP contribution in [-0.2, 0) is 10.0 Å². The SMILES string of the molecule is COc1ccc([C@@H]2CC(c3cccc(NS(C)(=O)=O)c3)=NN2C(=O)c2ccccc2)cc1OC. The quantitative estimate of drug-likeness (QED) is 0.551. The highest BCUT2D eigenvalue weighted by atomic mass is 32.2. The predicted molar refractivity (Wildman–Crippen MR) is 131 cm³/mol. The lowest BCUT2D eigenvalue weighted by Gasteiger charge is -2.23. The van der Waals surface area contributed by atoms with Crippen molar-refractivity contribution in [1.82, 2.24) is 5.01 Å². The van der Waals surface area contributed by atoms with Crippen LogP contribution in [0.1, 0.15) is 33.9 Å². The molecule has 0 spiro atoms. The average Bonchev–Trinajstić information content (AvgIpc) is 3.28. The molecule has 0 fully saturated rings. The van der Waals surface area contributed by atoms with Crippen LogP contribution in [0.3, 0.4) is 0 Å². The number of ether oxygens (including phenoxy) is 2. The molecule has 1 N–H and O–H groups in total. The molecule has 0 aromatic heterocycles. The molecule has 0 saturated heterocycles. The largest absolute Gasteiger partial charge is 0.493 e. The van der Waals surface area contributed by atoms with Crippen LogP contribution in [0.15, 0.2) is 77.9 Å². The molecular formula is C25H25N3O5S. The van der Waals surface area contributed by atoms with Crippen molar-refractivity contribution in [2.45, 2.75) is 12.5 Å². The summed E-state index contributed by atoms with van der Waals surface area (Å²) in [5.74, 6) is 0.909. The van der Waals surface area contributed by atoms with Gasteiger partial charge in [0, 0.05) is 17.7 Å². The zero-order chi connectivity index (χ0) is 24.3. The zero-order valence-electron chi connectivity index (χ0n) is 19.1. The lowest BCUT2D eigenvalue weighted by molar-refractivity contribution is 0.0711. The van der Waals surface area contributed by atoms with Crippen LogP contribution in [0.25, 0.3) is 0 Å². The molecule has 0 unspecified atom stereocenters. The molecule has 8 nitrogen and oxygen atoms in total. The number of benzene rings is 3. The Hall–Kier alpha value is -3.85. The maximum atomic E-state index is 13.4. The van der Waals surface area contributed by atoms with Gasteiger partial charge in [-0.1, -0.05) is 36.4 Å². The van der Waals surface area contributed by atoms with E-state index in [1.54, 1.807) is 62.8 Å². The second-order valence-electron chi connectivity index (χ2n) is 7.85. The Balaban J connectivity index is 1.74. The van der Waals surface area contributed by atoms with Crippen molar-refractivity contribution in [2.75, 3.05) is 25.2 Å². The molecule has 1 aliphatic rings. The number of sulfonamides is 1. The summed E-state index contributed by atoms with van der Waals surface area (Å²) in [6.45, 7) is 0. The Kier molecular flexibility index (Phi) is 6.56. The molecule has 1 atom stereocenters. The molecular weight excluding hydrogens is 454 g/mol. The Morgan fingerprint density at radius 3 is 2.38 bits per heavy atom. The van der Waals surface area contributed by atoms with Crippen molar-refractivity contribution < 1.29 is 22.7 Å². The van der Waals surface area contributed by atoms with Crippen molar-refractivity contribution in [3.63, 3.8) is 0 Å². The van der Waals surface area contributed by atoms with Crippen molar-refractivity contribution >= 4 is 27.3 Å². The number of methoxy groups -OCH3 is 2. The van der Waals surface area contributed by atoms with Crippen LogP contribution in [0, 0.1) is 0 Å². The molecule has 3 aromatic rings. The first kappa shape index (κ1) is 23.3. The molecule has 0 radical (unpaired) electrons. The van der Waals surface area contributed by atoms with E-state index in [1.807, 2.05) is 24.3 Å². The summed E-state index contributed by atoms with van der Waals surface area (Å²) in [5.41, 5.74) is 3.18. The van der Waals surface area contributed by atoms with Crippen LogP contribution < -0.4 is 14.2 Å². The predicted octanol–water partition coefficient (Wildman–Crippen LogP) is 4.07. The van der Waals surface area contributed by atoms with E-state index in [1.165, 1.54) is 5.01 Å². The highest BCUT2D eigenvalue weighted by Crippen LogP contribution is 2.38. The number of hydrazone groups is 1. The second-order valence-corrected chi connectivity index (χ2v) is 9.60. The van der Waals surface area contributed by atoms with E-state index >= 15 is 0 Å². The molecule has 1 aliphatic heterocycles. The lowest BCUT2D eigenvalue weighted by Crippen LogP contribution is -2.27. The molecule has 0 saturated carbocycles. The Labute approximate surface area is 198 Å². The summed E-state index contributed by atoms with van der Waals surface area (Å²) in [7, 11) is -0.299. The minimum absolute atomic E-state index is 0.235. The number of hydrogen-bond donors (Lipinski definition) is 1. The molecule has 0 bridgehead atoms. The number of nitrogens with one attached hydrogen (secondary N) is 1. The molecule has 1 heterocycles. The molecule has 4 rings (SSSR count). The fraction of sp³-hybridized carbons (Fsp3) is 0.200. The summed E-state index contributed by atoms with van der Waals surface area (Å²) in [4.78, 5) is 13.4. The Morgan fingerprint density at radius 1 is 0.971 bits per heavy atom. The highest BCUT2D eigenvalue weighted by molar-refractivity contribution is 7.92. The van der Waals surface area contributed by atoms with E-state index < -0.39 is 10.0 Å². The van der Waals surface area contributed by atoms with Crippen molar-refractivity contribution in [2.24, 2.45) is 5.10 Å². The summed E-state index contributed by atoms with van der Waals surface area (Å²) < 4.78 is 36.6. The Morgan fingerprint density at radius 2 is 1.71 bits per heavy atom. The number of hydrogen-bond acceptors (Lipinski definition) is 6. The number of carbonyl (C=O) groups is 1. The van der Waals surface area contributed by atoms with Crippen LogP contribution >= 0.6 is 0 Å². The standard InChI is InChI=1S/C25H25N3O5S/c1-32-23-13-12-19(15-24(23)33-2)22-16-21(18-10-7-11-20(14-18)27-34(3,30)31)26-28(22)25(29)17-8-5-4-6-9-17/h4-15,22,27H,16H2,1-3H3/t22-/m0/s1. The van der Waals surface area contributed by atoms with Crippen molar-refractivity contribution in [1.29, 1.82) is 0 Å². The molecule has 3 aromatic carbocycles. The first-order valence-electron chi connectivity index (χ1n) is 10.6. The van der Waals surface area contributed by atoms with Gasteiger partial charge in [-0.25, -0.2) is 13.4 Å². The van der Waals surface area contributed by atoms with Gasteiger partial charge in [-0.15, -0.1) is 0 Å². The van der Waals surface area contributed by atoms with Gasteiger partial charge < -0.3 is 9.47 Å². The molecule has 1 amide bonds. The third-order valence-electron chi connectivity index (χ3n) is 5.43.